The summed E-state index contributed by atoms with van der Waals surface area (Å²) < 4.78 is 4.60. The summed E-state index contributed by atoms with van der Waals surface area (Å²) in [6.07, 6.45) is 3.77. The van der Waals surface area contributed by atoms with Crippen LogP contribution < -0.4 is 5.32 Å². The standard InChI is InChI=1S/C12H21NO3/c1-4-9(2)10(14)12(7-5-6-8-12)13-11(15)16-3/h9H,4-8H2,1-3H3,(H,13,15). The SMILES string of the molecule is CCC(C)C(=O)C1(NC(=O)OC)CCCC1. The molecule has 0 aromatic carbocycles. The van der Waals surface area contributed by atoms with Gasteiger partial charge < -0.3 is 10.1 Å². The topological polar surface area (TPSA) is 55.4 Å². The van der Waals surface area contributed by atoms with Crippen LogP contribution in [0.1, 0.15) is 46.0 Å². The zero-order chi connectivity index (χ0) is 12.2. The molecule has 4 nitrogen and oxygen atoms in total. The molecule has 1 aliphatic rings. The molecule has 1 atom stereocenters. The smallest absolute Gasteiger partial charge is 0.407 e. The van der Waals surface area contributed by atoms with Gasteiger partial charge >= 0.3 is 6.09 Å². The maximum absolute atomic E-state index is 12.3. The molecule has 1 saturated carbocycles. The second-order valence-electron chi connectivity index (χ2n) is 4.58. The number of hydrogen-bond donors (Lipinski definition) is 1. The average Bonchev–Trinajstić information content (AvgIpc) is 2.76. The highest BCUT2D eigenvalue weighted by atomic mass is 16.5. The predicted octanol–water partition coefficient (Wildman–Crippen LogP) is 2.27. The summed E-state index contributed by atoms with van der Waals surface area (Å²) in [5.41, 5.74) is -0.664. The van der Waals surface area contributed by atoms with Crippen LogP contribution in [0.25, 0.3) is 0 Å². The fraction of sp³-hybridized carbons (Fsp3) is 0.833. The van der Waals surface area contributed by atoms with E-state index in [0.29, 0.717) is 0 Å². The summed E-state index contributed by atoms with van der Waals surface area (Å²) in [6.45, 7) is 3.91. The maximum atomic E-state index is 12.3. The van der Waals surface area contributed by atoms with Gasteiger partial charge in [0.15, 0.2) is 5.78 Å². The molecular weight excluding hydrogens is 206 g/mol. The number of ether oxygens (including phenoxy) is 1. The number of carbonyl (C=O) groups excluding carboxylic acids is 2. The minimum Gasteiger partial charge on any atom is -0.453 e. The molecular formula is C12H21NO3. The molecule has 1 aliphatic carbocycles. The van der Waals surface area contributed by atoms with Crippen LogP contribution in [0.2, 0.25) is 0 Å². The van der Waals surface area contributed by atoms with Crippen LogP contribution in [-0.4, -0.2) is 24.5 Å². The van der Waals surface area contributed by atoms with Crippen LogP contribution in [0.5, 0.6) is 0 Å². The fourth-order valence-electron chi connectivity index (χ4n) is 2.32. The second kappa shape index (κ2) is 5.32. The van der Waals surface area contributed by atoms with Crippen LogP contribution >= 0.6 is 0 Å². The normalized spacial score (nSPS) is 20.2. The number of Topliss-reactive ketones (excluding diaryl/α,β-unsaturated/α-hetero) is 1. The summed E-state index contributed by atoms with van der Waals surface area (Å²) in [6, 6.07) is 0. The molecule has 1 fully saturated rings. The van der Waals surface area contributed by atoms with E-state index in [1.165, 1.54) is 7.11 Å². The number of hydrogen-bond acceptors (Lipinski definition) is 3. The van der Waals surface area contributed by atoms with Gasteiger partial charge in [0.25, 0.3) is 0 Å². The third-order valence-electron chi connectivity index (χ3n) is 3.52. The molecule has 92 valence electrons. The van der Waals surface area contributed by atoms with Gasteiger partial charge in [-0.15, -0.1) is 0 Å². The lowest BCUT2D eigenvalue weighted by molar-refractivity contribution is -0.128. The monoisotopic (exact) mass is 227 g/mol. The van der Waals surface area contributed by atoms with E-state index in [-0.39, 0.29) is 11.7 Å². The minimum absolute atomic E-state index is 0.00439. The quantitative estimate of drug-likeness (QED) is 0.801. The molecule has 0 bridgehead atoms. The Kier molecular flexibility index (Phi) is 4.33. The molecule has 0 radical (unpaired) electrons. The Labute approximate surface area is 96.7 Å². The largest absolute Gasteiger partial charge is 0.453 e. The number of methoxy groups -OCH3 is 1. The molecule has 16 heavy (non-hydrogen) atoms. The van der Waals surface area contributed by atoms with Gasteiger partial charge in [-0.3, -0.25) is 4.79 Å². The highest BCUT2D eigenvalue weighted by Gasteiger charge is 2.43. The fourth-order valence-corrected chi connectivity index (χ4v) is 2.32. The third kappa shape index (κ3) is 2.54. The Morgan fingerprint density at radius 1 is 1.38 bits per heavy atom. The van der Waals surface area contributed by atoms with Gasteiger partial charge in [-0.05, 0) is 19.3 Å². The van der Waals surface area contributed by atoms with Gasteiger partial charge in [0.1, 0.15) is 5.54 Å². The Morgan fingerprint density at radius 3 is 2.38 bits per heavy atom. The van der Waals surface area contributed by atoms with Gasteiger partial charge in [0.05, 0.1) is 7.11 Å². The minimum atomic E-state index is -0.664. The molecule has 1 N–H and O–H groups in total. The zero-order valence-corrected chi connectivity index (χ0v) is 10.3. The van der Waals surface area contributed by atoms with Crippen LogP contribution in [0.15, 0.2) is 0 Å². The summed E-state index contributed by atoms with van der Waals surface area (Å²) in [7, 11) is 1.33. The van der Waals surface area contributed by atoms with Crippen LogP contribution in [0.3, 0.4) is 0 Å². The van der Waals surface area contributed by atoms with E-state index in [4.69, 9.17) is 0 Å². The lowest BCUT2D eigenvalue weighted by Gasteiger charge is -2.30. The molecule has 0 heterocycles. The van der Waals surface area contributed by atoms with Crippen molar-refractivity contribution in [1.82, 2.24) is 5.32 Å². The van der Waals surface area contributed by atoms with Crippen LogP contribution in [0, 0.1) is 5.92 Å². The molecule has 0 spiro atoms. The first-order chi connectivity index (χ1) is 7.55. The molecule has 1 amide bonds. The van der Waals surface area contributed by atoms with E-state index in [2.05, 4.69) is 10.1 Å². The van der Waals surface area contributed by atoms with Crippen molar-refractivity contribution >= 4 is 11.9 Å². The first-order valence-electron chi connectivity index (χ1n) is 5.96. The number of ketones is 1. The predicted molar refractivity (Wildman–Crippen MR) is 61.2 cm³/mol. The average molecular weight is 227 g/mol. The molecule has 0 aromatic heterocycles. The molecule has 1 unspecified atom stereocenters. The number of nitrogens with one attached hydrogen (secondary N) is 1. The van der Waals surface area contributed by atoms with Crippen molar-refractivity contribution in [2.75, 3.05) is 7.11 Å². The Morgan fingerprint density at radius 2 is 1.94 bits per heavy atom. The molecule has 1 rings (SSSR count). The summed E-state index contributed by atoms with van der Waals surface area (Å²) in [4.78, 5) is 23.6. The van der Waals surface area contributed by atoms with Crippen molar-refractivity contribution in [2.45, 2.75) is 51.5 Å². The van der Waals surface area contributed by atoms with Crippen molar-refractivity contribution in [1.29, 1.82) is 0 Å². The van der Waals surface area contributed by atoms with Gasteiger partial charge in [-0.25, -0.2) is 4.79 Å². The van der Waals surface area contributed by atoms with E-state index in [1.54, 1.807) is 0 Å². The lowest BCUT2D eigenvalue weighted by atomic mass is 9.84. The first-order valence-corrected chi connectivity index (χ1v) is 5.96. The first kappa shape index (κ1) is 13.0. The van der Waals surface area contributed by atoms with Crippen molar-refractivity contribution in [3.8, 4) is 0 Å². The molecule has 0 saturated heterocycles. The van der Waals surface area contributed by atoms with E-state index in [9.17, 15) is 9.59 Å². The summed E-state index contributed by atoms with van der Waals surface area (Å²) >= 11 is 0. The van der Waals surface area contributed by atoms with Crippen molar-refractivity contribution in [2.24, 2.45) is 5.92 Å². The van der Waals surface area contributed by atoms with Crippen molar-refractivity contribution < 1.29 is 14.3 Å². The van der Waals surface area contributed by atoms with E-state index < -0.39 is 11.6 Å². The number of carbonyl (C=O) groups is 2. The summed E-state index contributed by atoms with van der Waals surface area (Å²) in [5, 5.41) is 2.75. The van der Waals surface area contributed by atoms with Crippen LogP contribution in [0.4, 0.5) is 4.79 Å². The zero-order valence-electron chi connectivity index (χ0n) is 10.3. The number of rotatable bonds is 4. The number of alkyl carbamates (subject to hydrolysis) is 1. The van der Waals surface area contributed by atoms with Crippen LogP contribution in [-0.2, 0) is 9.53 Å². The Hall–Kier alpha value is -1.06. The number of amides is 1. The van der Waals surface area contributed by atoms with Gasteiger partial charge in [-0.2, -0.15) is 0 Å². The van der Waals surface area contributed by atoms with Crippen molar-refractivity contribution in [3.63, 3.8) is 0 Å². The van der Waals surface area contributed by atoms with E-state index >= 15 is 0 Å². The Balaban J connectivity index is 2.80. The Bertz CT molecular complexity index is 269. The highest BCUT2D eigenvalue weighted by Crippen LogP contribution is 2.33. The summed E-state index contributed by atoms with van der Waals surface area (Å²) in [5.74, 6) is 0.146. The molecule has 4 heteroatoms. The van der Waals surface area contributed by atoms with Gasteiger partial charge in [-0.1, -0.05) is 26.7 Å². The third-order valence-corrected chi connectivity index (χ3v) is 3.52. The lowest BCUT2D eigenvalue weighted by Crippen LogP contribution is -2.54. The second-order valence-corrected chi connectivity index (χ2v) is 4.58. The van der Waals surface area contributed by atoms with Crippen molar-refractivity contribution in [3.05, 3.63) is 0 Å². The van der Waals surface area contributed by atoms with E-state index in [0.717, 1.165) is 32.1 Å². The maximum Gasteiger partial charge on any atom is 0.407 e. The highest BCUT2D eigenvalue weighted by molar-refractivity contribution is 5.93. The molecule has 0 aromatic rings. The van der Waals surface area contributed by atoms with Gasteiger partial charge in [0, 0.05) is 5.92 Å². The van der Waals surface area contributed by atoms with E-state index in [1.807, 2.05) is 13.8 Å². The van der Waals surface area contributed by atoms with Gasteiger partial charge in [0.2, 0.25) is 0 Å². The molecule has 0 aliphatic heterocycles.